The molecule has 4 aromatic carbocycles. The first-order chi connectivity index (χ1) is 30.9. The molecule has 2 fully saturated rings. The molecular formula is C44H47BrF4N6O10. The number of rotatable bonds is 13. The number of hydrogen-bond acceptors (Lipinski definition) is 10. The zero-order chi connectivity index (χ0) is 48.0. The molecule has 16 nitrogen and oxygen atoms in total. The van der Waals surface area contributed by atoms with Gasteiger partial charge < -0.3 is 50.4 Å². The van der Waals surface area contributed by atoms with Crippen molar-refractivity contribution in [2.45, 2.75) is 26.7 Å². The standard InChI is InChI=1S/C22H23F2N3O5.C20H20F2N2O4.C2H4BrNO/c1-3-13-9-18(31-2)19(10-15(13)23)32-17-5-4-14(8-16(17)24)22(30)27-7-6-26(11-20(25)28)21(29)12-27;1-3-12-9-17(27-2)18(10-14(12)21)28-16-5-4-13(8-15(16)22)20(26)24-7-6-23-19(25)11-24;3-1-2(4)5/h4-5,8-10H,3,6-7,11-12H2,1-2H3,(H2,25,28);4-5,8-10H,3,6-7,11H2,1-2H3,(H,23,25);1H2,(H2,4,5). The van der Waals surface area contributed by atoms with Gasteiger partial charge in [-0.25, -0.2) is 17.6 Å². The molecule has 0 atom stereocenters. The number of carbonyl (C=O) groups is 6. The minimum atomic E-state index is -0.837. The summed E-state index contributed by atoms with van der Waals surface area (Å²) in [6, 6.07) is 12.6. The Labute approximate surface area is 379 Å². The SMILES string of the molecule is CCc1cc(OC)c(Oc2ccc(C(=O)N3CCN(CC(N)=O)C(=O)C3)cc2F)cc1F.CCc1cc(OC)c(Oc2ccc(C(=O)N3CCNC(=O)C3)cc2F)cc1F.NC(=O)CBr. The molecule has 0 unspecified atom stereocenters. The van der Waals surface area contributed by atoms with Gasteiger partial charge in [-0.1, -0.05) is 29.8 Å². The second-order valence-electron chi connectivity index (χ2n) is 14.1. The van der Waals surface area contributed by atoms with Gasteiger partial charge in [-0.05, 0) is 72.5 Å². The van der Waals surface area contributed by atoms with Crippen LogP contribution in [-0.2, 0) is 32.0 Å². The summed E-state index contributed by atoms with van der Waals surface area (Å²) >= 11 is 2.84. The van der Waals surface area contributed by atoms with Crippen molar-refractivity contribution < 1.29 is 65.3 Å². The lowest BCUT2D eigenvalue weighted by Gasteiger charge is -2.33. The van der Waals surface area contributed by atoms with E-state index in [0.29, 0.717) is 37.1 Å². The number of carbonyl (C=O) groups excluding carboxylic acids is 6. The van der Waals surface area contributed by atoms with Gasteiger partial charge in [-0.15, -0.1) is 0 Å². The van der Waals surface area contributed by atoms with Gasteiger partial charge in [0.15, 0.2) is 46.1 Å². The summed E-state index contributed by atoms with van der Waals surface area (Å²) in [5, 5.41) is 2.88. The zero-order valence-corrected chi connectivity index (χ0v) is 37.4. The van der Waals surface area contributed by atoms with Crippen LogP contribution in [0, 0.1) is 23.3 Å². The number of nitrogens with two attached hydrogens (primary N) is 2. The Hall–Kier alpha value is -6.90. The molecule has 2 aliphatic rings. The van der Waals surface area contributed by atoms with Crippen LogP contribution in [0.1, 0.15) is 45.7 Å². The Morgan fingerprint density at radius 3 is 1.46 bits per heavy atom. The number of alkyl halides is 1. The molecule has 2 heterocycles. The van der Waals surface area contributed by atoms with Crippen molar-refractivity contribution >= 4 is 51.4 Å². The molecule has 0 aromatic heterocycles. The van der Waals surface area contributed by atoms with Crippen molar-refractivity contribution in [3.63, 3.8) is 0 Å². The van der Waals surface area contributed by atoms with Crippen LogP contribution in [0.4, 0.5) is 17.6 Å². The fourth-order valence-corrected chi connectivity index (χ4v) is 6.26. The van der Waals surface area contributed by atoms with Gasteiger partial charge in [0.25, 0.3) is 11.8 Å². The number of nitrogens with one attached hydrogen (secondary N) is 1. The molecule has 2 aliphatic heterocycles. The number of amides is 6. The van der Waals surface area contributed by atoms with Crippen molar-refractivity contribution in [1.82, 2.24) is 20.0 Å². The first kappa shape index (κ1) is 50.7. The third-order valence-electron chi connectivity index (χ3n) is 9.63. The van der Waals surface area contributed by atoms with Gasteiger partial charge in [0.2, 0.25) is 23.6 Å². The Morgan fingerprint density at radius 2 is 1.09 bits per heavy atom. The highest BCUT2D eigenvalue weighted by molar-refractivity contribution is 9.09. The van der Waals surface area contributed by atoms with Gasteiger partial charge in [0.1, 0.15) is 18.2 Å². The van der Waals surface area contributed by atoms with E-state index in [1.165, 1.54) is 65.3 Å². The van der Waals surface area contributed by atoms with E-state index in [9.17, 15) is 46.3 Å². The fourth-order valence-electron chi connectivity index (χ4n) is 6.26. The van der Waals surface area contributed by atoms with Gasteiger partial charge in [-0.2, -0.15) is 0 Å². The summed E-state index contributed by atoms with van der Waals surface area (Å²) < 4.78 is 78.7. The van der Waals surface area contributed by atoms with Gasteiger partial charge in [0.05, 0.1) is 32.6 Å². The van der Waals surface area contributed by atoms with E-state index in [0.717, 1.165) is 24.3 Å². The summed E-state index contributed by atoms with van der Waals surface area (Å²) in [7, 11) is 2.80. The van der Waals surface area contributed by atoms with Crippen LogP contribution in [0.15, 0.2) is 60.7 Å². The molecule has 0 radical (unpaired) electrons. The first-order valence-electron chi connectivity index (χ1n) is 19.9. The molecule has 0 spiro atoms. The molecule has 0 aliphatic carbocycles. The highest BCUT2D eigenvalue weighted by Crippen LogP contribution is 2.37. The lowest BCUT2D eigenvalue weighted by atomic mass is 10.1. The molecule has 0 saturated carbocycles. The van der Waals surface area contributed by atoms with E-state index in [1.54, 1.807) is 13.8 Å². The molecule has 5 N–H and O–H groups in total. The lowest BCUT2D eigenvalue weighted by molar-refractivity contribution is -0.138. The second-order valence-corrected chi connectivity index (χ2v) is 14.6. The average molecular weight is 976 g/mol. The second kappa shape index (κ2) is 23.7. The predicted molar refractivity (Wildman–Crippen MR) is 231 cm³/mol. The van der Waals surface area contributed by atoms with E-state index in [-0.39, 0.29) is 95.5 Å². The third-order valence-corrected chi connectivity index (χ3v) is 10.2. The van der Waals surface area contributed by atoms with Crippen molar-refractivity contribution in [3.05, 3.63) is 106 Å². The van der Waals surface area contributed by atoms with E-state index in [4.69, 9.17) is 24.7 Å². The Bertz CT molecular complexity index is 2430. The van der Waals surface area contributed by atoms with Crippen LogP contribution in [0.3, 0.4) is 0 Å². The van der Waals surface area contributed by atoms with Crippen molar-refractivity contribution in [2.24, 2.45) is 11.5 Å². The number of hydrogen-bond donors (Lipinski definition) is 3. The highest BCUT2D eigenvalue weighted by Gasteiger charge is 2.29. The van der Waals surface area contributed by atoms with E-state index >= 15 is 0 Å². The molecular weight excluding hydrogens is 928 g/mol. The predicted octanol–water partition coefficient (Wildman–Crippen LogP) is 4.86. The van der Waals surface area contributed by atoms with Crippen LogP contribution < -0.4 is 35.7 Å². The quantitative estimate of drug-likeness (QED) is 0.122. The normalized spacial score (nSPS) is 13.3. The van der Waals surface area contributed by atoms with Crippen molar-refractivity contribution in [1.29, 1.82) is 0 Å². The number of aryl methyl sites for hydroxylation is 2. The maximum Gasteiger partial charge on any atom is 0.254 e. The molecule has 21 heteroatoms. The lowest BCUT2D eigenvalue weighted by Crippen LogP contribution is -2.54. The van der Waals surface area contributed by atoms with Crippen LogP contribution in [0.25, 0.3) is 0 Å². The molecule has 348 valence electrons. The molecule has 65 heavy (non-hydrogen) atoms. The van der Waals surface area contributed by atoms with Crippen molar-refractivity contribution in [3.8, 4) is 34.5 Å². The number of ether oxygens (including phenoxy) is 4. The summed E-state index contributed by atoms with van der Waals surface area (Å²) in [6.07, 6.45) is 0.926. The number of piperazine rings is 2. The molecule has 6 rings (SSSR count). The smallest absolute Gasteiger partial charge is 0.254 e. The molecule has 0 bridgehead atoms. The number of primary amides is 2. The fraction of sp³-hybridized carbons (Fsp3) is 0.318. The average Bonchev–Trinajstić information content (AvgIpc) is 3.28. The highest BCUT2D eigenvalue weighted by atomic mass is 79.9. The number of methoxy groups -OCH3 is 2. The third kappa shape index (κ3) is 13.8. The maximum absolute atomic E-state index is 14.7. The van der Waals surface area contributed by atoms with Crippen LogP contribution in [0.5, 0.6) is 34.5 Å². The minimum absolute atomic E-state index is 0.00338. The van der Waals surface area contributed by atoms with Gasteiger partial charge >= 0.3 is 0 Å². The number of nitrogens with zero attached hydrogens (tertiary/aromatic N) is 3. The summed E-state index contributed by atoms with van der Waals surface area (Å²) in [5.41, 5.74) is 10.7. The van der Waals surface area contributed by atoms with E-state index in [1.807, 2.05) is 0 Å². The van der Waals surface area contributed by atoms with Gasteiger partial charge in [0, 0.05) is 49.4 Å². The molecule has 6 amide bonds. The Morgan fingerprint density at radius 1 is 0.631 bits per heavy atom. The summed E-state index contributed by atoms with van der Waals surface area (Å²) in [5.74, 6) is -5.09. The Kier molecular flexibility index (Phi) is 18.5. The summed E-state index contributed by atoms with van der Waals surface area (Å²) in [4.78, 5) is 73.1. The minimum Gasteiger partial charge on any atom is -0.493 e. The number of halogens is 5. The summed E-state index contributed by atoms with van der Waals surface area (Å²) in [6.45, 7) is 4.10. The van der Waals surface area contributed by atoms with Crippen LogP contribution in [-0.4, -0.2) is 116 Å². The largest absolute Gasteiger partial charge is 0.493 e. The topological polar surface area (TPSA) is 213 Å². The van der Waals surface area contributed by atoms with Crippen LogP contribution in [0.2, 0.25) is 0 Å². The van der Waals surface area contributed by atoms with Crippen molar-refractivity contribution in [2.75, 3.05) is 65.4 Å². The number of benzene rings is 4. The monoisotopic (exact) mass is 974 g/mol. The zero-order valence-electron chi connectivity index (χ0n) is 35.8. The maximum atomic E-state index is 14.7. The van der Waals surface area contributed by atoms with E-state index in [2.05, 4.69) is 27.0 Å². The molecule has 2 saturated heterocycles. The Balaban J connectivity index is 0.000000259. The van der Waals surface area contributed by atoms with Gasteiger partial charge in [-0.3, -0.25) is 28.8 Å². The van der Waals surface area contributed by atoms with Crippen LogP contribution >= 0.6 is 15.9 Å². The first-order valence-corrected chi connectivity index (χ1v) is 21.0. The van der Waals surface area contributed by atoms with E-state index < -0.39 is 46.9 Å². The molecule has 4 aromatic rings.